The summed E-state index contributed by atoms with van der Waals surface area (Å²) >= 11 is 0. The van der Waals surface area contributed by atoms with Crippen molar-refractivity contribution in [1.29, 1.82) is 0 Å². The molecule has 0 saturated heterocycles. The van der Waals surface area contributed by atoms with Gasteiger partial charge in [0.05, 0.1) is 6.42 Å². The Bertz CT molecular complexity index is 341. The Morgan fingerprint density at radius 1 is 1.33 bits per heavy atom. The van der Waals surface area contributed by atoms with Crippen molar-refractivity contribution in [1.82, 2.24) is 0 Å². The summed E-state index contributed by atoms with van der Waals surface area (Å²) in [6, 6.07) is 8.57. The lowest BCUT2D eigenvalue weighted by Crippen LogP contribution is -2.26. The van der Waals surface area contributed by atoms with E-state index in [-0.39, 0.29) is 5.91 Å². The van der Waals surface area contributed by atoms with Crippen molar-refractivity contribution in [2.24, 2.45) is 5.73 Å². The maximum absolute atomic E-state index is 10.7. The van der Waals surface area contributed by atoms with E-state index in [0.29, 0.717) is 12.5 Å². The fourth-order valence-corrected chi connectivity index (χ4v) is 1.71. The Hall–Kier alpha value is -1.51. The Balaban J connectivity index is 1.93. The largest absolute Gasteiger partial charge is 0.382 e. The molecule has 1 fully saturated rings. The number of hydrogen-bond acceptors (Lipinski definition) is 2. The number of carbonyl (C=O) groups is 1. The molecule has 2 rings (SSSR count). The van der Waals surface area contributed by atoms with Crippen molar-refractivity contribution in [3.05, 3.63) is 29.8 Å². The number of rotatable bonds is 4. The van der Waals surface area contributed by atoms with Crippen LogP contribution in [0.3, 0.4) is 0 Å². The van der Waals surface area contributed by atoms with Crippen LogP contribution in [0.25, 0.3) is 0 Å². The second-order valence-corrected chi connectivity index (χ2v) is 4.11. The molecule has 0 unspecified atom stereocenters. The van der Waals surface area contributed by atoms with Gasteiger partial charge in [-0.25, -0.2) is 0 Å². The van der Waals surface area contributed by atoms with Gasteiger partial charge in [-0.05, 0) is 37.0 Å². The molecule has 1 aromatic carbocycles. The summed E-state index contributed by atoms with van der Waals surface area (Å²) in [5.74, 6) is -0.283. The second kappa shape index (κ2) is 4.34. The van der Waals surface area contributed by atoms with Gasteiger partial charge in [0.2, 0.25) is 5.91 Å². The van der Waals surface area contributed by atoms with Gasteiger partial charge in [0.1, 0.15) is 0 Å². The van der Waals surface area contributed by atoms with Gasteiger partial charge in [0.15, 0.2) is 0 Å². The van der Waals surface area contributed by atoms with Crippen LogP contribution in [0.15, 0.2) is 24.3 Å². The zero-order chi connectivity index (χ0) is 10.7. The highest BCUT2D eigenvalue weighted by atomic mass is 16.1. The summed E-state index contributed by atoms with van der Waals surface area (Å²) in [5.41, 5.74) is 7.23. The number of amides is 1. The van der Waals surface area contributed by atoms with Crippen molar-refractivity contribution in [3.8, 4) is 0 Å². The molecule has 3 nitrogen and oxygen atoms in total. The number of hydrogen-bond donors (Lipinski definition) is 2. The predicted molar refractivity (Wildman–Crippen MR) is 60.6 cm³/mol. The van der Waals surface area contributed by atoms with Gasteiger partial charge in [-0.2, -0.15) is 0 Å². The standard InChI is InChI=1S/C12H16N2O/c13-12(15)8-9-4-6-11(7-5-9)14-10-2-1-3-10/h4-7,10,14H,1-3,8H2,(H2,13,15). The van der Waals surface area contributed by atoms with Crippen LogP contribution >= 0.6 is 0 Å². The van der Waals surface area contributed by atoms with Gasteiger partial charge in [0, 0.05) is 11.7 Å². The van der Waals surface area contributed by atoms with Crippen LogP contribution in [0.4, 0.5) is 5.69 Å². The third-order valence-corrected chi connectivity index (χ3v) is 2.81. The number of benzene rings is 1. The Labute approximate surface area is 89.7 Å². The quantitative estimate of drug-likeness (QED) is 0.784. The smallest absolute Gasteiger partial charge is 0.221 e. The number of carbonyl (C=O) groups excluding carboxylic acids is 1. The molecule has 15 heavy (non-hydrogen) atoms. The molecule has 0 aliphatic heterocycles. The zero-order valence-electron chi connectivity index (χ0n) is 8.70. The topological polar surface area (TPSA) is 55.1 Å². The molecule has 1 amide bonds. The summed E-state index contributed by atoms with van der Waals surface area (Å²) in [7, 11) is 0. The molecule has 1 saturated carbocycles. The van der Waals surface area contributed by atoms with Gasteiger partial charge in [-0.1, -0.05) is 12.1 Å². The van der Waals surface area contributed by atoms with Crippen molar-refractivity contribution in [3.63, 3.8) is 0 Å². The van der Waals surface area contributed by atoms with Crippen LogP contribution in [0, 0.1) is 0 Å². The molecule has 1 aliphatic rings. The van der Waals surface area contributed by atoms with Crippen molar-refractivity contribution >= 4 is 11.6 Å². The minimum absolute atomic E-state index is 0.283. The lowest BCUT2D eigenvalue weighted by atomic mass is 9.93. The Morgan fingerprint density at radius 3 is 2.47 bits per heavy atom. The molecule has 0 bridgehead atoms. The van der Waals surface area contributed by atoms with Crippen LogP contribution in [0.5, 0.6) is 0 Å². The molecule has 3 heteroatoms. The Morgan fingerprint density at radius 2 is 2.00 bits per heavy atom. The highest BCUT2D eigenvalue weighted by Crippen LogP contribution is 2.23. The first-order valence-electron chi connectivity index (χ1n) is 5.38. The van der Waals surface area contributed by atoms with E-state index in [4.69, 9.17) is 5.73 Å². The molecule has 1 aliphatic carbocycles. The maximum atomic E-state index is 10.7. The van der Waals surface area contributed by atoms with Crippen molar-refractivity contribution < 1.29 is 4.79 Å². The number of nitrogens with two attached hydrogens (primary N) is 1. The Kier molecular flexibility index (Phi) is 2.90. The first-order chi connectivity index (χ1) is 7.24. The van der Waals surface area contributed by atoms with E-state index in [1.54, 1.807) is 0 Å². The molecule has 1 aromatic rings. The van der Waals surface area contributed by atoms with Gasteiger partial charge >= 0.3 is 0 Å². The monoisotopic (exact) mass is 204 g/mol. The minimum atomic E-state index is -0.283. The van der Waals surface area contributed by atoms with E-state index in [1.807, 2.05) is 24.3 Å². The maximum Gasteiger partial charge on any atom is 0.221 e. The fourth-order valence-electron chi connectivity index (χ4n) is 1.71. The molecule has 3 N–H and O–H groups in total. The molecule has 0 spiro atoms. The van der Waals surface area contributed by atoms with Crippen LogP contribution in [0.2, 0.25) is 0 Å². The normalized spacial score (nSPS) is 15.7. The van der Waals surface area contributed by atoms with Crippen molar-refractivity contribution in [2.45, 2.75) is 31.7 Å². The third-order valence-electron chi connectivity index (χ3n) is 2.81. The summed E-state index contributed by atoms with van der Waals surface area (Å²) in [4.78, 5) is 10.7. The number of primary amides is 1. The van der Waals surface area contributed by atoms with Gasteiger partial charge in [-0.3, -0.25) is 4.79 Å². The van der Waals surface area contributed by atoms with Gasteiger partial charge in [-0.15, -0.1) is 0 Å². The molecular weight excluding hydrogens is 188 g/mol. The van der Waals surface area contributed by atoms with Crippen LogP contribution in [0.1, 0.15) is 24.8 Å². The van der Waals surface area contributed by atoms with E-state index in [1.165, 1.54) is 19.3 Å². The lowest BCUT2D eigenvalue weighted by molar-refractivity contribution is -0.117. The zero-order valence-corrected chi connectivity index (χ0v) is 8.70. The second-order valence-electron chi connectivity index (χ2n) is 4.11. The average molecular weight is 204 g/mol. The molecule has 0 radical (unpaired) electrons. The molecule has 0 heterocycles. The summed E-state index contributed by atoms with van der Waals surface area (Å²) in [6.07, 6.45) is 4.19. The number of nitrogens with one attached hydrogen (secondary N) is 1. The minimum Gasteiger partial charge on any atom is -0.382 e. The molecular formula is C12H16N2O. The SMILES string of the molecule is NC(=O)Cc1ccc(NC2CCC2)cc1. The summed E-state index contributed by atoms with van der Waals surface area (Å²) < 4.78 is 0. The highest BCUT2D eigenvalue weighted by Gasteiger charge is 2.16. The molecule has 0 aromatic heterocycles. The number of anilines is 1. The van der Waals surface area contributed by atoms with Gasteiger partial charge < -0.3 is 11.1 Å². The average Bonchev–Trinajstić information content (AvgIpc) is 2.13. The fraction of sp³-hybridized carbons (Fsp3) is 0.417. The first-order valence-corrected chi connectivity index (χ1v) is 5.38. The van der Waals surface area contributed by atoms with Crippen molar-refractivity contribution in [2.75, 3.05) is 5.32 Å². The van der Waals surface area contributed by atoms with E-state index < -0.39 is 0 Å². The van der Waals surface area contributed by atoms with E-state index in [0.717, 1.165) is 11.3 Å². The van der Waals surface area contributed by atoms with E-state index in [9.17, 15) is 4.79 Å². The van der Waals surface area contributed by atoms with Crippen LogP contribution in [-0.4, -0.2) is 11.9 Å². The third kappa shape index (κ3) is 2.72. The highest BCUT2D eigenvalue weighted by molar-refractivity contribution is 5.76. The predicted octanol–water partition coefficient (Wildman–Crippen LogP) is 1.68. The summed E-state index contributed by atoms with van der Waals surface area (Å²) in [6.45, 7) is 0. The van der Waals surface area contributed by atoms with Crippen LogP contribution in [-0.2, 0) is 11.2 Å². The molecule has 0 atom stereocenters. The van der Waals surface area contributed by atoms with E-state index in [2.05, 4.69) is 5.32 Å². The van der Waals surface area contributed by atoms with Crippen LogP contribution < -0.4 is 11.1 Å². The first kappa shape index (κ1) is 10.0. The van der Waals surface area contributed by atoms with Gasteiger partial charge in [0.25, 0.3) is 0 Å². The molecule has 80 valence electrons. The lowest BCUT2D eigenvalue weighted by Gasteiger charge is -2.27. The summed E-state index contributed by atoms with van der Waals surface area (Å²) in [5, 5.41) is 3.44. The van der Waals surface area contributed by atoms with E-state index >= 15 is 0 Å².